The summed E-state index contributed by atoms with van der Waals surface area (Å²) in [5, 5.41) is 19.2. The lowest BCUT2D eigenvalue weighted by molar-refractivity contribution is 0.101. The zero-order valence-electron chi connectivity index (χ0n) is 24.4. The Labute approximate surface area is 260 Å². The van der Waals surface area contributed by atoms with Gasteiger partial charge in [-0.25, -0.2) is 9.97 Å². The standard InChI is InChI=1S/C17H13N7O.C13H11N7O/c1-10-19-15(13-8-4-5-9-18-13)21-17(20-10)22-16(25)14-11-6-2-3-7-12(11)23-24-14;1-8-16-11(9-4-2-3-6-14-9)18-13(17-8)19-12(21)10-5-7-15-20-10/h2-9H,1H3,(H,23,24)(H,19,20,21,22,25);2-7H,1H3,(H,15,20)(H,16,17,18,19,21). The molecule has 0 saturated heterocycles. The lowest BCUT2D eigenvalue weighted by Crippen LogP contribution is -2.16. The molecular weight excluding hydrogens is 588 g/mol. The highest BCUT2D eigenvalue weighted by atomic mass is 16.2. The van der Waals surface area contributed by atoms with E-state index in [1.165, 1.54) is 6.20 Å². The average molecular weight is 613 g/mol. The van der Waals surface area contributed by atoms with Gasteiger partial charge in [0, 0.05) is 24.0 Å². The molecular formula is C30H24N14O2. The lowest BCUT2D eigenvalue weighted by atomic mass is 10.2. The number of nitrogens with one attached hydrogen (secondary N) is 4. The topological polar surface area (TPSA) is 219 Å². The normalized spacial score (nSPS) is 10.6. The van der Waals surface area contributed by atoms with E-state index in [1.54, 1.807) is 50.5 Å². The number of benzene rings is 1. The third-order valence-electron chi connectivity index (χ3n) is 6.16. The molecule has 7 aromatic rings. The van der Waals surface area contributed by atoms with E-state index in [1.807, 2.05) is 42.5 Å². The van der Waals surface area contributed by atoms with Crippen molar-refractivity contribution >= 4 is 34.6 Å². The Balaban J connectivity index is 0.000000164. The SMILES string of the molecule is Cc1nc(NC(=O)c2ccn[nH]2)nc(-c2ccccn2)n1.Cc1nc(NC(=O)c2n[nH]c3ccccc23)nc(-c2ccccn2)n1. The van der Waals surface area contributed by atoms with Crippen LogP contribution in [0.15, 0.2) is 85.3 Å². The van der Waals surface area contributed by atoms with E-state index >= 15 is 0 Å². The quantitative estimate of drug-likeness (QED) is 0.212. The van der Waals surface area contributed by atoms with Crippen LogP contribution in [-0.2, 0) is 0 Å². The molecule has 0 aliphatic carbocycles. The summed E-state index contributed by atoms with van der Waals surface area (Å²) in [7, 11) is 0. The maximum atomic E-state index is 12.5. The molecule has 6 aromatic heterocycles. The van der Waals surface area contributed by atoms with Crippen LogP contribution in [0.3, 0.4) is 0 Å². The molecule has 0 radical (unpaired) electrons. The van der Waals surface area contributed by atoms with Crippen LogP contribution < -0.4 is 10.6 Å². The molecule has 226 valence electrons. The molecule has 0 fully saturated rings. The number of hydrogen-bond acceptors (Lipinski definition) is 12. The molecule has 1 aromatic carbocycles. The van der Waals surface area contributed by atoms with Crippen molar-refractivity contribution in [2.45, 2.75) is 13.8 Å². The van der Waals surface area contributed by atoms with Gasteiger partial charge in [-0.1, -0.05) is 30.3 Å². The van der Waals surface area contributed by atoms with Crippen LogP contribution in [0, 0.1) is 13.8 Å². The van der Waals surface area contributed by atoms with E-state index in [2.05, 4.69) is 70.9 Å². The van der Waals surface area contributed by atoms with Gasteiger partial charge >= 0.3 is 0 Å². The summed E-state index contributed by atoms with van der Waals surface area (Å²) in [6.07, 6.45) is 4.80. The predicted molar refractivity (Wildman–Crippen MR) is 166 cm³/mol. The van der Waals surface area contributed by atoms with Gasteiger partial charge in [0.05, 0.1) is 5.52 Å². The maximum Gasteiger partial charge on any atom is 0.279 e. The van der Waals surface area contributed by atoms with Crippen molar-refractivity contribution in [2.24, 2.45) is 0 Å². The van der Waals surface area contributed by atoms with Crippen molar-refractivity contribution < 1.29 is 9.59 Å². The first-order chi connectivity index (χ1) is 22.4. The molecule has 0 bridgehead atoms. The predicted octanol–water partition coefficient (Wildman–Crippen LogP) is 3.59. The van der Waals surface area contributed by atoms with Crippen LogP contribution in [0.4, 0.5) is 11.9 Å². The number of carbonyl (C=O) groups excluding carboxylic acids is 2. The molecule has 46 heavy (non-hydrogen) atoms. The number of aryl methyl sites for hydroxylation is 2. The van der Waals surface area contributed by atoms with Crippen LogP contribution in [0.2, 0.25) is 0 Å². The average Bonchev–Trinajstić information content (AvgIpc) is 3.77. The summed E-state index contributed by atoms with van der Waals surface area (Å²) < 4.78 is 0. The number of para-hydroxylation sites is 1. The monoisotopic (exact) mass is 612 g/mol. The number of amides is 2. The number of anilines is 2. The number of aromatic nitrogens is 12. The van der Waals surface area contributed by atoms with Gasteiger partial charge in [-0.2, -0.15) is 30.1 Å². The fourth-order valence-corrected chi connectivity index (χ4v) is 4.14. The molecule has 4 N–H and O–H groups in total. The van der Waals surface area contributed by atoms with Crippen molar-refractivity contribution in [1.82, 2.24) is 60.3 Å². The van der Waals surface area contributed by atoms with Crippen molar-refractivity contribution in [3.63, 3.8) is 0 Å². The fourth-order valence-electron chi connectivity index (χ4n) is 4.14. The van der Waals surface area contributed by atoms with Gasteiger partial charge in [-0.15, -0.1) is 0 Å². The van der Waals surface area contributed by atoms with Gasteiger partial charge in [0.15, 0.2) is 17.3 Å². The minimum Gasteiger partial charge on any atom is -0.289 e. The van der Waals surface area contributed by atoms with Crippen LogP contribution >= 0.6 is 0 Å². The summed E-state index contributed by atoms with van der Waals surface area (Å²) in [6, 6.07) is 19.8. The van der Waals surface area contributed by atoms with Crippen LogP contribution in [-0.4, -0.2) is 72.1 Å². The Kier molecular flexibility index (Phi) is 8.40. The Morgan fingerprint density at radius 3 is 1.76 bits per heavy atom. The highest BCUT2D eigenvalue weighted by molar-refractivity contribution is 6.10. The molecule has 0 saturated carbocycles. The fraction of sp³-hybridized carbons (Fsp3) is 0.0667. The number of pyridine rings is 2. The molecule has 0 aliphatic rings. The molecule has 6 heterocycles. The number of carbonyl (C=O) groups is 2. The van der Waals surface area contributed by atoms with Crippen molar-refractivity contribution in [2.75, 3.05) is 10.6 Å². The molecule has 16 heteroatoms. The highest BCUT2D eigenvalue weighted by Crippen LogP contribution is 2.18. The zero-order chi connectivity index (χ0) is 31.9. The number of hydrogen-bond donors (Lipinski definition) is 4. The van der Waals surface area contributed by atoms with Crippen molar-refractivity contribution in [3.8, 4) is 23.0 Å². The minimum absolute atomic E-state index is 0.158. The second-order valence-electron chi connectivity index (χ2n) is 9.49. The van der Waals surface area contributed by atoms with Gasteiger partial charge in [0.2, 0.25) is 11.9 Å². The first-order valence-corrected chi connectivity index (χ1v) is 13.8. The summed E-state index contributed by atoms with van der Waals surface area (Å²) >= 11 is 0. The molecule has 7 rings (SSSR count). The molecule has 16 nitrogen and oxygen atoms in total. The van der Waals surface area contributed by atoms with Crippen molar-refractivity contribution in [3.05, 3.63) is 108 Å². The number of rotatable bonds is 6. The lowest BCUT2D eigenvalue weighted by Gasteiger charge is -2.05. The Hall–Kier alpha value is -6.84. The smallest absolute Gasteiger partial charge is 0.279 e. The minimum atomic E-state index is -0.393. The summed E-state index contributed by atoms with van der Waals surface area (Å²) in [6.45, 7) is 3.45. The molecule has 0 spiro atoms. The largest absolute Gasteiger partial charge is 0.289 e. The second kappa shape index (κ2) is 13.2. The summed E-state index contributed by atoms with van der Waals surface area (Å²) in [5.41, 5.74) is 2.61. The van der Waals surface area contributed by atoms with Gasteiger partial charge in [-0.3, -0.25) is 40.4 Å². The van der Waals surface area contributed by atoms with E-state index in [0.29, 0.717) is 40.4 Å². The van der Waals surface area contributed by atoms with E-state index in [0.717, 1.165) is 10.9 Å². The number of nitrogens with zero attached hydrogens (tertiary/aromatic N) is 10. The zero-order valence-corrected chi connectivity index (χ0v) is 24.4. The number of H-pyrrole nitrogens is 2. The van der Waals surface area contributed by atoms with Gasteiger partial charge in [0.1, 0.15) is 28.7 Å². The Morgan fingerprint density at radius 2 is 1.20 bits per heavy atom. The maximum absolute atomic E-state index is 12.5. The molecule has 0 aliphatic heterocycles. The van der Waals surface area contributed by atoms with E-state index < -0.39 is 5.91 Å². The summed E-state index contributed by atoms with van der Waals surface area (Å²) in [4.78, 5) is 58.1. The third kappa shape index (κ3) is 6.86. The van der Waals surface area contributed by atoms with Gasteiger partial charge in [-0.05, 0) is 50.2 Å². The van der Waals surface area contributed by atoms with E-state index in [4.69, 9.17) is 0 Å². The number of fused-ring (bicyclic) bond motifs is 1. The van der Waals surface area contributed by atoms with Crippen LogP contribution in [0.1, 0.15) is 32.6 Å². The first-order valence-electron chi connectivity index (χ1n) is 13.8. The Bertz CT molecular complexity index is 2120. The van der Waals surface area contributed by atoms with E-state index in [9.17, 15) is 9.59 Å². The second-order valence-corrected chi connectivity index (χ2v) is 9.49. The van der Waals surface area contributed by atoms with Crippen LogP contribution in [0.25, 0.3) is 33.9 Å². The van der Waals surface area contributed by atoms with E-state index in [-0.39, 0.29) is 23.5 Å². The van der Waals surface area contributed by atoms with Crippen molar-refractivity contribution in [1.29, 1.82) is 0 Å². The van der Waals surface area contributed by atoms with Gasteiger partial charge < -0.3 is 0 Å². The third-order valence-corrected chi connectivity index (χ3v) is 6.16. The first kappa shape index (κ1) is 29.2. The van der Waals surface area contributed by atoms with Crippen LogP contribution in [0.5, 0.6) is 0 Å². The molecule has 0 atom stereocenters. The Morgan fingerprint density at radius 1 is 0.609 bits per heavy atom. The molecule has 2 amide bonds. The summed E-state index contributed by atoms with van der Waals surface area (Å²) in [5.74, 6) is 1.34. The van der Waals surface area contributed by atoms with Gasteiger partial charge in [0.25, 0.3) is 11.8 Å². The highest BCUT2D eigenvalue weighted by Gasteiger charge is 2.17. The number of aromatic amines is 2. The molecule has 0 unspecified atom stereocenters.